The van der Waals surface area contributed by atoms with Crippen molar-refractivity contribution in [1.82, 2.24) is 4.90 Å². The minimum Gasteiger partial charge on any atom is -0.460 e. The van der Waals surface area contributed by atoms with Crippen LogP contribution in [0.15, 0.2) is 0 Å². The van der Waals surface area contributed by atoms with Crippen molar-refractivity contribution in [3.8, 4) is 0 Å². The summed E-state index contributed by atoms with van der Waals surface area (Å²) in [6.45, 7) is 8.19. The first-order valence-electron chi connectivity index (χ1n) is 6.94. The van der Waals surface area contributed by atoms with Crippen molar-refractivity contribution in [3.05, 3.63) is 0 Å². The molecule has 0 saturated carbocycles. The Morgan fingerprint density at radius 3 is 2.53 bits per heavy atom. The van der Waals surface area contributed by atoms with E-state index in [9.17, 15) is 4.79 Å². The summed E-state index contributed by atoms with van der Waals surface area (Å²) in [6, 6.07) is 0.451. The van der Waals surface area contributed by atoms with E-state index in [2.05, 4.69) is 4.90 Å². The first-order chi connectivity index (χ1) is 7.97. The Kier molecular flexibility index (Phi) is 3.76. The average Bonchev–Trinajstić information content (AvgIpc) is 2.26. The number of piperidine rings is 2. The Balaban J connectivity index is 2.01. The molecule has 0 aromatic heterocycles. The van der Waals surface area contributed by atoms with Gasteiger partial charge in [-0.2, -0.15) is 0 Å². The van der Waals surface area contributed by atoms with Crippen LogP contribution in [-0.2, 0) is 9.53 Å². The standard InChI is InChI=1S/C14H25NO2/c1-14(2,3)17-13(16)11-7-6-10-15-9-5-4-8-12(11)15/h11-12H,4-10H2,1-3H3/t11-,12-/m1/s1. The van der Waals surface area contributed by atoms with Gasteiger partial charge in [-0.1, -0.05) is 6.42 Å². The van der Waals surface area contributed by atoms with Gasteiger partial charge >= 0.3 is 5.97 Å². The number of hydrogen-bond acceptors (Lipinski definition) is 3. The van der Waals surface area contributed by atoms with Gasteiger partial charge in [0.25, 0.3) is 0 Å². The van der Waals surface area contributed by atoms with Gasteiger partial charge in [-0.3, -0.25) is 9.69 Å². The molecule has 2 rings (SSSR count). The van der Waals surface area contributed by atoms with Crippen molar-refractivity contribution in [2.45, 2.75) is 64.5 Å². The molecule has 0 bridgehead atoms. The predicted molar refractivity (Wildman–Crippen MR) is 67.8 cm³/mol. The van der Waals surface area contributed by atoms with E-state index in [4.69, 9.17) is 4.74 Å². The van der Waals surface area contributed by atoms with Crippen molar-refractivity contribution in [2.75, 3.05) is 13.1 Å². The molecule has 17 heavy (non-hydrogen) atoms. The number of carbonyl (C=O) groups is 1. The molecule has 3 heteroatoms. The Morgan fingerprint density at radius 2 is 1.82 bits per heavy atom. The summed E-state index contributed by atoms with van der Waals surface area (Å²) in [5.41, 5.74) is -0.353. The molecule has 0 N–H and O–H groups in total. The van der Waals surface area contributed by atoms with Gasteiger partial charge in [-0.25, -0.2) is 0 Å². The van der Waals surface area contributed by atoms with Gasteiger partial charge in [-0.05, 0) is 59.5 Å². The minimum absolute atomic E-state index is 0.0223. The Morgan fingerprint density at radius 1 is 1.12 bits per heavy atom. The maximum Gasteiger partial charge on any atom is 0.311 e. The molecule has 3 nitrogen and oxygen atoms in total. The van der Waals surface area contributed by atoms with Gasteiger partial charge in [0.05, 0.1) is 5.92 Å². The number of rotatable bonds is 1. The lowest BCUT2D eigenvalue weighted by molar-refractivity contribution is -0.165. The van der Waals surface area contributed by atoms with Gasteiger partial charge in [0.15, 0.2) is 0 Å². The molecule has 2 fully saturated rings. The molecule has 0 unspecified atom stereocenters. The Labute approximate surface area is 105 Å². The minimum atomic E-state index is -0.353. The van der Waals surface area contributed by atoms with E-state index in [1.165, 1.54) is 32.4 Å². The molecule has 0 aromatic rings. The Hall–Kier alpha value is -0.570. The topological polar surface area (TPSA) is 29.5 Å². The van der Waals surface area contributed by atoms with E-state index in [1.807, 2.05) is 20.8 Å². The van der Waals surface area contributed by atoms with Crippen LogP contribution < -0.4 is 0 Å². The van der Waals surface area contributed by atoms with Gasteiger partial charge in [0.2, 0.25) is 0 Å². The summed E-state index contributed by atoms with van der Waals surface area (Å²) in [7, 11) is 0. The van der Waals surface area contributed by atoms with Crippen LogP contribution in [0.3, 0.4) is 0 Å². The van der Waals surface area contributed by atoms with E-state index >= 15 is 0 Å². The SMILES string of the molecule is CC(C)(C)OC(=O)[C@@H]1CCCN2CCCC[C@H]12. The maximum atomic E-state index is 12.2. The Bertz CT molecular complexity index is 280. The average molecular weight is 239 g/mol. The van der Waals surface area contributed by atoms with E-state index < -0.39 is 0 Å². The molecule has 0 radical (unpaired) electrons. The largest absolute Gasteiger partial charge is 0.460 e. The number of esters is 1. The number of ether oxygens (including phenoxy) is 1. The lowest BCUT2D eigenvalue weighted by Gasteiger charge is -2.43. The molecule has 2 atom stereocenters. The van der Waals surface area contributed by atoms with Crippen LogP contribution in [0.4, 0.5) is 0 Å². The predicted octanol–water partition coefficient (Wildman–Crippen LogP) is 2.59. The summed E-state index contributed by atoms with van der Waals surface area (Å²) in [5.74, 6) is 0.136. The van der Waals surface area contributed by atoms with Crippen molar-refractivity contribution < 1.29 is 9.53 Å². The van der Waals surface area contributed by atoms with E-state index in [1.54, 1.807) is 0 Å². The number of hydrogen-bond donors (Lipinski definition) is 0. The van der Waals surface area contributed by atoms with Crippen LogP contribution >= 0.6 is 0 Å². The van der Waals surface area contributed by atoms with Crippen LogP contribution in [0.2, 0.25) is 0 Å². The molecule has 2 aliphatic rings. The lowest BCUT2D eigenvalue weighted by Crippen LogP contribution is -2.51. The number of carbonyl (C=O) groups excluding carboxylic acids is 1. The summed E-state index contributed by atoms with van der Waals surface area (Å²) < 4.78 is 5.56. The monoisotopic (exact) mass is 239 g/mol. The smallest absolute Gasteiger partial charge is 0.311 e. The third-order valence-corrected chi connectivity index (χ3v) is 3.80. The second kappa shape index (κ2) is 4.97. The summed E-state index contributed by atoms with van der Waals surface area (Å²) in [4.78, 5) is 14.7. The third kappa shape index (κ3) is 3.21. The van der Waals surface area contributed by atoms with Crippen LogP contribution in [0.5, 0.6) is 0 Å². The normalized spacial score (nSPS) is 30.8. The third-order valence-electron chi connectivity index (χ3n) is 3.80. The maximum absolute atomic E-state index is 12.2. The van der Waals surface area contributed by atoms with Gasteiger partial charge in [-0.15, -0.1) is 0 Å². The number of fused-ring (bicyclic) bond motifs is 1. The molecular weight excluding hydrogens is 214 g/mol. The lowest BCUT2D eigenvalue weighted by atomic mass is 9.83. The zero-order valence-electron chi connectivity index (χ0n) is 11.4. The van der Waals surface area contributed by atoms with Gasteiger partial charge < -0.3 is 4.74 Å². The first-order valence-corrected chi connectivity index (χ1v) is 6.94. The second-order valence-electron chi connectivity index (χ2n) is 6.38. The summed E-state index contributed by atoms with van der Waals surface area (Å²) >= 11 is 0. The zero-order chi connectivity index (χ0) is 12.5. The van der Waals surface area contributed by atoms with E-state index in [0.717, 1.165) is 12.8 Å². The molecule has 2 aliphatic heterocycles. The number of nitrogens with zero attached hydrogens (tertiary/aromatic N) is 1. The van der Waals surface area contributed by atoms with Crippen LogP contribution in [0, 0.1) is 5.92 Å². The van der Waals surface area contributed by atoms with Gasteiger partial charge in [0.1, 0.15) is 5.60 Å². The van der Waals surface area contributed by atoms with Gasteiger partial charge in [0, 0.05) is 6.04 Å². The quantitative estimate of drug-likeness (QED) is 0.659. The fourth-order valence-electron chi connectivity index (χ4n) is 3.11. The van der Waals surface area contributed by atoms with Crippen molar-refractivity contribution in [2.24, 2.45) is 5.92 Å². The van der Waals surface area contributed by atoms with Crippen LogP contribution in [0.1, 0.15) is 52.9 Å². The van der Waals surface area contributed by atoms with Crippen LogP contribution in [0.25, 0.3) is 0 Å². The second-order valence-corrected chi connectivity index (χ2v) is 6.38. The summed E-state index contributed by atoms with van der Waals surface area (Å²) in [5, 5.41) is 0. The zero-order valence-corrected chi connectivity index (χ0v) is 11.4. The highest BCUT2D eigenvalue weighted by Gasteiger charge is 2.39. The van der Waals surface area contributed by atoms with E-state index in [-0.39, 0.29) is 17.5 Å². The van der Waals surface area contributed by atoms with Crippen molar-refractivity contribution in [3.63, 3.8) is 0 Å². The van der Waals surface area contributed by atoms with Crippen molar-refractivity contribution in [1.29, 1.82) is 0 Å². The molecular formula is C14H25NO2. The highest BCUT2D eigenvalue weighted by molar-refractivity contribution is 5.74. The molecule has 0 spiro atoms. The van der Waals surface area contributed by atoms with Crippen molar-refractivity contribution >= 4 is 5.97 Å². The van der Waals surface area contributed by atoms with Crippen LogP contribution in [-0.4, -0.2) is 35.6 Å². The molecule has 2 heterocycles. The first kappa shape index (κ1) is 12.9. The van der Waals surface area contributed by atoms with E-state index in [0.29, 0.717) is 6.04 Å². The molecule has 2 saturated heterocycles. The highest BCUT2D eigenvalue weighted by atomic mass is 16.6. The fourth-order valence-corrected chi connectivity index (χ4v) is 3.11. The molecule has 0 amide bonds. The highest BCUT2D eigenvalue weighted by Crippen LogP contribution is 2.32. The molecule has 0 aromatic carbocycles. The molecule has 98 valence electrons. The summed E-state index contributed by atoms with van der Waals surface area (Å²) in [6.07, 6.45) is 5.87. The molecule has 0 aliphatic carbocycles. The fraction of sp³-hybridized carbons (Fsp3) is 0.929.